The molecule has 1 N–H and O–H groups in total. The summed E-state index contributed by atoms with van der Waals surface area (Å²) in [6.45, 7) is 5.77. The predicted octanol–water partition coefficient (Wildman–Crippen LogP) is 0.679. The fourth-order valence-electron chi connectivity index (χ4n) is 4.74. The number of Topliss-reactive ketones (excluding diaryl/α,β-unsaturated/α-hetero) is 1. The van der Waals surface area contributed by atoms with E-state index in [9.17, 15) is 24.0 Å². The standard InChI is InChI=1S/C25H35AsN4O5/c1-15(2)12-19(27-24(34)17-6-8-18(9-7-17)28(4)5)25(35)29-11-10-20-23(29)21(32)14-30(20)22(33)13-26-16(3)31/h6-9,15,19-20,23,26H,10-14H2,1-5H3,(H,27,34). The third kappa shape index (κ3) is 6.31. The van der Waals surface area contributed by atoms with Gasteiger partial charge in [0.15, 0.2) is 0 Å². The van der Waals surface area contributed by atoms with E-state index in [4.69, 9.17) is 0 Å². The summed E-state index contributed by atoms with van der Waals surface area (Å²) >= 11 is -1.02. The van der Waals surface area contributed by atoms with Gasteiger partial charge in [-0.3, -0.25) is 0 Å². The Labute approximate surface area is 213 Å². The normalized spacial score (nSPS) is 20.5. The smallest absolute Gasteiger partial charge is 0.378 e. The summed E-state index contributed by atoms with van der Waals surface area (Å²) < 4.78 is 0.0484. The third-order valence-electron chi connectivity index (χ3n) is 6.47. The SMILES string of the molecule is CC(=O)[AsH]CC(=O)N1CC(=O)C2C1CCN2C(=O)C(CC(C)C)NC(=O)c1ccc(N(C)C)cc1. The van der Waals surface area contributed by atoms with Crippen LogP contribution in [0.5, 0.6) is 0 Å². The van der Waals surface area contributed by atoms with Crippen molar-refractivity contribution in [3.05, 3.63) is 29.8 Å². The van der Waals surface area contributed by atoms with Gasteiger partial charge in [0.2, 0.25) is 0 Å². The van der Waals surface area contributed by atoms with Gasteiger partial charge >= 0.3 is 177 Å². The van der Waals surface area contributed by atoms with Gasteiger partial charge in [0.25, 0.3) is 0 Å². The number of anilines is 1. The van der Waals surface area contributed by atoms with E-state index in [1.165, 1.54) is 6.92 Å². The van der Waals surface area contributed by atoms with E-state index in [2.05, 4.69) is 5.32 Å². The molecule has 4 unspecified atom stereocenters. The quantitative estimate of drug-likeness (QED) is 0.457. The number of hydrogen-bond acceptors (Lipinski definition) is 6. The molecule has 2 heterocycles. The average Bonchev–Trinajstić information content (AvgIpc) is 3.37. The summed E-state index contributed by atoms with van der Waals surface area (Å²) in [5.74, 6) is -0.820. The fourth-order valence-corrected chi connectivity index (χ4v) is 6.00. The number of rotatable bonds is 9. The molecule has 1 aromatic rings. The molecule has 0 spiro atoms. The molecule has 190 valence electrons. The van der Waals surface area contributed by atoms with Crippen LogP contribution in [0, 0.1) is 5.92 Å². The number of amides is 3. The second-order valence-corrected chi connectivity index (χ2v) is 12.8. The number of nitrogens with zero attached hydrogens (tertiary/aromatic N) is 3. The molecule has 35 heavy (non-hydrogen) atoms. The Morgan fingerprint density at radius 2 is 1.77 bits per heavy atom. The van der Waals surface area contributed by atoms with Gasteiger partial charge in [-0.25, -0.2) is 0 Å². The number of likely N-dealkylation sites (tertiary alicyclic amines) is 2. The number of benzene rings is 1. The zero-order valence-electron chi connectivity index (χ0n) is 21.0. The van der Waals surface area contributed by atoms with E-state index in [1.807, 2.05) is 45.0 Å². The zero-order valence-corrected chi connectivity index (χ0v) is 23.1. The van der Waals surface area contributed by atoms with E-state index in [0.29, 0.717) is 24.9 Å². The summed E-state index contributed by atoms with van der Waals surface area (Å²) in [6, 6.07) is 5.33. The van der Waals surface area contributed by atoms with Crippen molar-refractivity contribution in [3.8, 4) is 0 Å². The molecule has 4 atom stereocenters. The van der Waals surface area contributed by atoms with E-state index in [-0.39, 0.29) is 51.8 Å². The van der Waals surface area contributed by atoms with Crippen LogP contribution in [0.3, 0.4) is 0 Å². The van der Waals surface area contributed by atoms with Crippen molar-refractivity contribution in [3.63, 3.8) is 0 Å². The molecule has 2 fully saturated rings. The Balaban J connectivity index is 1.73. The van der Waals surface area contributed by atoms with Crippen molar-refractivity contribution in [2.45, 2.75) is 56.9 Å². The molecule has 2 aliphatic heterocycles. The van der Waals surface area contributed by atoms with Crippen LogP contribution < -0.4 is 10.2 Å². The van der Waals surface area contributed by atoms with E-state index < -0.39 is 27.8 Å². The maximum atomic E-state index is 13.6. The van der Waals surface area contributed by atoms with Crippen LogP contribution >= 0.6 is 0 Å². The Kier molecular flexibility index (Phi) is 8.75. The minimum atomic E-state index is -1.02. The van der Waals surface area contributed by atoms with Crippen molar-refractivity contribution >= 4 is 49.5 Å². The topological polar surface area (TPSA) is 107 Å². The van der Waals surface area contributed by atoms with E-state index in [1.54, 1.807) is 21.9 Å². The molecule has 0 saturated carbocycles. The summed E-state index contributed by atoms with van der Waals surface area (Å²) in [5.41, 5.74) is 1.42. The van der Waals surface area contributed by atoms with Crippen LogP contribution in [0.4, 0.5) is 5.69 Å². The van der Waals surface area contributed by atoms with E-state index >= 15 is 0 Å². The Morgan fingerprint density at radius 3 is 2.34 bits per heavy atom. The number of nitrogens with one attached hydrogen (secondary N) is 1. The number of hydrogen-bond donors (Lipinski definition) is 1. The Morgan fingerprint density at radius 1 is 1.11 bits per heavy atom. The van der Waals surface area contributed by atoms with Gasteiger partial charge in [0.1, 0.15) is 0 Å². The fraction of sp³-hybridized carbons (Fsp3) is 0.560. The maximum absolute atomic E-state index is 13.6. The van der Waals surface area contributed by atoms with Crippen LogP contribution in [-0.4, -0.2) is 98.9 Å². The Bertz CT molecular complexity index is 994. The molecule has 10 heteroatoms. The van der Waals surface area contributed by atoms with Gasteiger partial charge < -0.3 is 4.90 Å². The van der Waals surface area contributed by atoms with Crippen molar-refractivity contribution in [2.75, 3.05) is 32.1 Å². The molecule has 3 amide bonds. The molecule has 0 aromatic heterocycles. The molecule has 0 aliphatic carbocycles. The van der Waals surface area contributed by atoms with Crippen LogP contribution in [0.15, 0.2) is 24.3 Å². The number of fused-ring (bicyclic) bond motifs is 1. The third-order valence-corrected chi connectivity index (χ3v) is 8.52. The monoisotopic (exact) mass is 546 g/mol. The van der Waals surface area contributed by atoms with Crippen molar-refractivity contribution in [2.24, 2.45) is 5.92 Å². The first-order chi connectivity index (χ1) is 16.5. The summed E-state index contributed by atoms with van der Waals surface area (Å²) in [5, 5.41) is 3.08. The summed E-state index contributed by atoms with van der Waals surface area (Å²) in [7, 11) is 3.83. The second-order valence-electron chi connectivity index (χ2n) is 9.83. The Hall–Kier alpha value is -2.67. The van der Waals surface area contributed by atoms with Crippen LogP contribution in [0.2, 0.25) is 5.21 Å². The van der Waals surface area contributed by atoms with Gasteiger partial charge in [-0.2, -0.15) is 0 Å². The number of carbonyl (C=O) groups is 5. The molecular formula is C25H35AsN4O5. The first-order valence-electron chi connectivity index (χ1n) is 11.9. The minimum absolute atomic E-state index is 0.0263. The zero-order chi connectivity index (χ0) is 25.9. The first-order valence-corrected chi connectivity index (χ1v) is 14.5. The predicted molar refractivity (Wildman–Crippen MR) is 135 cm³/mol. The van der Waals surface area contributed by atoms with Crippen molar-refractivity contribution in [1.82, 2.24) is 15.1 Å². The molecule has 9 nitrogen and oxygen atoms in total. The molecule has 3 rings (SSSR count). The van der Waals surface area contributed by atoms with E-state index in [0.717, 1.165) is 5.69 Å². The van der Waals surface area contributed by atoms with Crippen molar-refractivity contribution < 1.29 is 24.0 Å². The van der Waals surface area contributed by atoms with Gasteiger partial charge in [-0.15, -0.1) is 0 Å². The van der Waals surface area contributed by atoms with Crippen LogP contribution in [0.25, 0.3) is 0 Å². The van der Waals surface area contributed by atoms with Crippen LogP contribution in [0.1, 0.15) is 44.0 Å². The van der Waals surface area contributed by atoms with Gasteiger partial charge in [-0.05, 0) is 12.1 Å². The first kappa shape index (κ1) is 26.9. The van der Waals surface area contributed by atoms with Crippen LogP contribution in [-0.2, 0) is 19.2 Å². The number of carbonyl (C=O) groups excluding carboxylic acids is 5. The average molecular weight is 547 g/mol. The summed E-state index contributed by atoms with van der Waals surface area (Å²) in [6.07, 6.45) is 0.955. The van der Waals surface area contributed by atoms with Gasteiger partial charge in [0, 0.05) is 19.8 Å². The molecular weight excluding hydrogens is 511 g/mol. The van der Waals surface area contributed by atoms with Gasteiger partial charge in [-0.1, -0.05) is 0 Å². The molecule has 0 bridgehead atoms. The number of ketones is 1. The van der Waals surface area contributed by atoms with Gasteiger partial charge in [0.05, 0.1) is 0 Å². The molecule has 2 saturated heterocycles. The summed E-state index contributed by atoms with van der Waals surface area (Å²) in [4.78, 5) is 68.4. The molecule has 0 radical (unpaired) electrons. The minimum Gasteiger partial charge on any atom is -0.378 e. The second kappa shape index (κ2) is 11.4. The van der Waals surface area contributed by atoms with Crippen molar-refractivity contribution in [1.29, 1.82) is 0 Å². The molecule has 1 aromatic carbocycles. The molecule has 2 aliphatic rings.